The molecule has 0 saturated heterocycles. The molecule has 110 valence electrons. The second-order valence-electron chi connectivity index (χ2n) is 3.96. The zero-order valence-electron chi connectivity index (χ0n) is 10.9. The van der Waals surface area contributed by atoms with Crippen LogP contribution in [-0.2, 0) is 6.61 Å². The number of hydrogen-bond donors (Lipinski definition) is 1. The Hall–Kier alpha value is -2.61. The fourth-order valence-electron chi connectivity index (χ4n) is 1.68. The van der Waals surface area contributed by atoms with Crippen LogP contribution in [0.3, 0.4) is 0 Å². The Morgan fingerprint density at radius 3 is 2.76 bits per heavy atom. The molecule has 8 heteroatoms. The number of carbonyl (C=O) groups is 1. The number of nitro benzene ring substituents is 1. The number of thiophene rings is 1. The van der Waals surface area contributed by atoms with Crippen molar-refractivity contribution in [2.75, 3.05) is 7.11 Å². The summed E-state index contributed by atoms with van der Waals surface area (Å²) < 4.78 is 10.5. The highest BCUT2D eigenvalue weighted by Gasteiger charge is 2.15. The van der Waals surface area contributed by atoms with E-state index in [0.717, 1.165) is 11.3 Å². The summed E-state index contributed by atoms with van der Waals surface area (Å²) in [5, 5.41) is 21.4. The Labute approximate surface area is 123 Å². The number of ether oxygens (including phenoxy) is 2. The van der Waals surface area contributed by atoms with E-state index in [9.17, 15) is 14.9 Å². The van der Waals surface area contributed by atoms with Crippen LogP contribution in [0.2, 0.25) is 0 Å². The van der Waals surface area contributed by atoms with Crippen molar-refractivity contribution >= 4 is 23.0 Å². The molecule has 1 aromatic carbocycles. The third kappa shape index (κ3) is 3.29. The van der Waals surface area contributed by atoms with Crippen molar-refractivity contribution in [2.45, 2.75) is 6.61 Å². The van der Waals surface area contributed by atoms with E-state index in [1.54, 1.807) is 11.4 Å². The number of methoxy groups -OCH3 is 1. The number of carboxylic acid groups (broad SMARTS) is 1. The molecule has 0 aliphatic rings. The predicted octanol–water partition coefficient (Wildman–Crippen LogP) is 2.94. The van der Waals surface area contributed by atoms with Crippen LogP contribution in [0.15, 0.2) is 29.6 Å². The van der Waals surface area contributed by atoms with Crippen molar-refractivity contribution in [3.05, 3.63) is 50.2 Å². The molecular weight excluding hydrogens is 298 g/mol. The van der Waals surface area contributed by atoms with E-state index < -0.39 is 10.9 Å². The first-order valence-electron chi connectivity index (χ1n) is 5.78. The van der Waals surface area contributed by atoms with Gasteiger partial charge in [0.05, 0.1) is 18.1 Å². The van der Waals surface area contributed by atoms with E-state index >= 15 is 0 Å². The monoisotopic (exact) mass is 309 g/mol. The highest BCUT2D eigenvalue weighted by Crippen LogP contribution is 2.32. The maximum atomic E-state index is 11.0. The van der Waals surface area contributed by atoms with Gasteiger partial charge in [-0.2, -0.15) is 0 Å². The lowest BCUT2D eigenvalue weighted by atomic mass is 10.2. The van der Waals surface area contributed by atoms with E-state index in [4.69, 9.17) is 14.6 Å². The molecule has 0 unspecified atom stereocenters. The van der Waals surface area contributed by atoms with E-state index in [1.165, 1.54) is 25.3 Å². The van der Waals surface area contributed by atoms with Crippen LogP contribution < -0.4 is 9.47 Å². The number of nitrogens with zero attached hydrogens (tertiary/aromatic N) is 1. The molecule has 2 aromatic rings. The van der Waals surface area contributed by atoms with Gasteiger partial charge in [-0.3, -0.25) is 10.1 Å². The Kier molecular flexibility index (Phi) is 4.39. The van der Waals surface area contributed by atoms with Gasteiger partial charge in [0, 0.05) is 11.6 Å². The van der Waals surface area contributed by atoms with E-state index in [0.29, 0.717) is 11.3 Å². The van der Waals surface area contributed by atoms with E-state index in [1.807, 2.05) is 0 Å². The van der Waals surface area contributed by atoms with Gasteiger partial charge in [-0.15, -0.1) is 11.3 Å². The standard InChI is InChI=1S/C13H11NO6S/c1-19-10-3-2-9(14(17)18)6-11(10)20-7-8-4-5-21-12(8)13(15)16/h2-6H,7H2,1H3,(H,15,16). The highest BCUT2D eigenvalue weighted by atomic mass is 32.1. The van der Waals surface area contributed by atoms with Crippen LogP contribution in [0.1, 0.15) is 15.2 Å². The van der Waals surface area contributed by atoms with Crippen molar-refractivity contribution in [2.24, 2.45) is 0 Å². The molecule has 0 atom stereocenters. The van der Waals surface area contributed by atoms with Gasteiger partial charge in [-0.1, -0.05) is 0 Å². The molecule has 0 aliphatic heterocycles. The smallest absolute Gasteiger partial charge is 0.346 e. The van der Waals surface area contributed by atoms with Crippen LogP contribution in [-0.4, -0.2) is 23.1 Å². The van der Waals surface area contributed by atoms with Gasteiger partial charge in [0.25, 0.3) is 5.69 Å². The number of aromatic carboxylic acids is 1. The van der Waals surface area contributed by atoms with Gasteiger partial charge >= 0.3 is 5.97 Å². The molecular formula is C13H11NO6S. The first-order chi connectivity index (χ1) is 10.0. The van der Waals surface area contributed by atoms with Crippen molar-refractivity contribution in [3.8, 4) is 11.5 Å². The van der Waals surface area contributed by atoms with Gasteiger partial charge in [0.1, 0.15) is 11.5 Å². The van der Waals surface area contributed by atoms with E-state index in [2.05, 4.69) is 0 Å². The third-order valence-electron chi connectivity index (χ3n) is 2.68. The topological polar surface area (TPSA) is 98.9 Å². The van der Waals surface area contributed by atoms with Gasteiger partial charge in [0.15, 0.2) is 11.5 Å². The Balaban J connectivity index is 2.22. The lowest BCUT2D eigenvalue weighted by Gasteiger charge is -2.10. The molecule has 21 heavy (non-hydrogen) atoms. The van der Waals surface area contributed by atoms with E-state index in [-0.39, 0.29) is 22.9 Å². The molecule has 2 rings (SSSR count). The fourth-order valence-corrected chi connectivity index (χ4v) is 2.43. The minimum absolute atomic E-state index is 0.0112. The van der Waals surface area contributed by atoms with Gasteiger partial charge in [0.2, 0.25) is 0 Å². The maximum Gasteiger partial charge on any atom is 0.346 e. The minimum Gasteiger partial charge on any atom is -0.493 e. The van der Waals surface area contributed by atoms with Gasteiger partial charge in [-0.05, 0) is 17.5 Å². The minimum atomic E-state index is -1.03. The molecule has 1 heterocycles. The molecule has 0 radical (unpaired) electrons. The molecule has 7 nitrogen and oxygen atoms in total. The van der Waals surface area contributed by atoms with Crippen molar-refractivity contribution in [1.29, 1.82) is 0 Å². The summed E-state index contributed by atoms with van der Waals surface area (Å²) in [7, 11) is 1.42. The first-order valence-corrected chi connectivity index (χ1v) is 6.65. The van der Waals surface area contributed by atoms with Crippen LogP contribution in [0.5, 0.6) is 11.5 Å². The summed E-state index contributed by atoms with van der Waals surface area (Å²) in [4.78, 5) is 21.4. The molecule has 0 amide bonds. The summed E-state index contributed by atoms with van der Waals surface area (Å²) in [5.41, 5.74) is 0.371. The second-order valence-corrected chi connectivity index (χ2v) is 4.88. The Morgan fingerprint density at radius 2 is 2.14 bits per heavy atom. The molecule has 1 aromatic heterocycles. The first kappa shape index (κ1) is 14.8. The summed E-state index contributed by atoms with van der Waals surface area (Å²) in [6, 6.07) is 5.61. The fraction of sp³-hybridized carbons (Fsp3) is 0.154. The largest absolute Gasteiger partial charge is 0.493 e. The third-order valence-corrected chi connectivity index (χ3v) is 3.63. The number of nitro groups is 1. The lowest BCUT2D eigenvalue weighted by Crippen LogP contribution is -2.03. The normalized spacial score (nSPS) is 10.1. The summed E-state index contributed by atoms with van der Waals surface area (Å²) >= 11 is 1.09. The lowest BCUT2D eigenvalue weighted by molar-refractivity contribution is -0.385. The van der Waals surface area contributed by atoms with Gasteiger partial charge in [-0.25, -0.2) is 4.79 Å². The number of benzene rings is 1. The zero-order chi connectivity index (χ0) is 15.4. The molecule has 1 N–H and O–H groups in total. The average Bonchev–Trinajstić information content (AvgIpc) is 2.93. The predicted molar refractivity (Wildman–Crippen MR) is 75.3 cm³/mol. The maximum absolute atomic E-state index is 11.0. The Morgan fingerprint density at radius 1 is 1.38 bits per heavy atom. The number of carboxylic acids is 1. The molecule has 0 bridgehead atoms. The van der Waals surface area contributed by atoms with Crippen LogP contribution in [0, 0.1) is 10.1 Å². The molecule has 0 fully saturated rings. The number of non-ortho nitro benzene ring substituents is 1. The SMILES string of the molecule is COc1ccc([N+](=O)[O-])cc1OCc1ccsc1C(=O)O. The highest BCUT2D eigenvalue weighted by molar-refractivity contribution is 7.12. The Bertz CT molecular complexity index is 681. The number of rotatable bonds is 6. The van der Waals surface area contributed by atoms with Crippen LogP contribution in [0.4, 0.5) is 5.69 Å². The summed E-state index contributed by atoms with van der Waals surface area (Å²) in [6.07, 6.45) is 0. The second kappa shape index (κ2) is 6.23. The zero-order valence-corrected chi connectivity index (χ0v) is 11.8. The van der Waals surface area contributed by atoms with Crippen LogP contribution >= 0.6 is 11.3 Å². The molecule has 0 aliphatic carbocycles. The molecule has 0 spiro atoms. The van der Waals surface area contributed by atoms with Crippen LogP contribution in [0.25, 0.3) is 0 Å². The van der Waals surface area contributed by atoms with Crippen molar-refractivity contribution < 1.29 is 24.3 Å². The summed E-state index contributed by atoms with van der Waals surface area (Å²) in [6.45, 7) is -0.0112. The van der Waals surface area contributed by atoms with Crippen molar-refractivity contribution in [1.82, 2.24) is 0 Å². The number of hydrogen-bond acceptors (Lipinski definition) is 6. The molecule has 0 saturated carbocycles. The average molecular weight is 309 g/mol. The quantitative estimate of drug-likeness (QED) is 0.650. The summed E-state index contributed by atoms with van der Waals surface area (Å²) in [5.74, 6) is -0.503. The van der Waals surface area contributed by atoms with Gasteiger partial charge < -0.3 is 14.6 Å². The van der Waals surface area contributed by atoms with Crippen molar-refractivity contribution in [3.63, 3.8) is 0 Å².